The molecule has 0 unspecified atom stereocenters. The van der Waals surface area contributed by atoms with Gasteiger partial charge in [-0.25, -0.2) is 4.39 Å². The molecule has 0 saturated carbocycles. The van der Waals surface area contributed by atoms with Crippen LogP contribution in [0.4, 0.5) is 4.39 Å². The standard InChI is InChI=1S/C9H8F/c1-2-4-8-5-3-6-9(10)7-8/h3,5-7H,1,4H2. The van der Waals surface area contributed by atoms with Crippen LogP contribution >= 0.6 is 0 Å². The highest BCUT2D eigenvalue weighted by atomic mass is 19.1. The minimum absolute atomic E-state index is 0.201. The second kappa shape index (κ2) is 3.16. The summed E-state index contributed by atoms with van der Waals surface area (Å²) >= 11 is 0. The zero-order chi connectivity index (χ0) is 7.40. The zero-order valence-electron chi connectivity index (χ0n) is 5.60. The van der Waals surface area contributed by atoms with E-state index >= 15 is 0 Å². The number of hydrogen-bond acceptors (Lipinski definition) is 0. The van der Waals surface area contributed by atoms with E-state index in [1.807, 2.05) is 6.07 Å². The fourth-order valence-electron chi connectivity index (χ4n) is 0.791. The largest absolute Gasteiger partial charge is 0.207 e. The summed E-state index contributed by atoms with van der Waals surface area (Å²) in [6.07, 6.45) is 3.30. The minimum Gasteiger partial charge on any atom is -0.207 e. The van der Waals surface area contributed by atoms with E-state index in [1.54, 1.807) is 6.07 Å². The molecule has 0 saturated heterocycles. The lowest BCUT2D eigenvalue weighted by Gasteiger charge is -1.93. The third-order valence-electron chi connectivity index (χ3n) is 1.22. The van der Waals surface area contributed by atoms with E-state index in [2.05, 4.69) is 12.7 Å². The van der Waals surface area contributed by atoms with Gasteiger partial charge >= 0.3 is 0 Å². The van der Waals surface area contributed by atoms with Crippen molar-refractivity contribution >= 4 is 0 Å². The predicted octanol–water partition coefficient (Wildman–Crippen LogP) is 2.36. The van der Waals surface area contributed by atoms with Gasteiger partial charge < -0.3 is 0 Å². The third-order valence-corrected chi connectivity index (χ3v) is 1.22. The van der Waals surface area contributed by atoms with Gasteiger partial charge in [-0.3, -0.25) is 0 Å². The van der Waals surface area contributed by atoms with Crippen molar-refractivity contribution in [3.8, 4) is 0 Å². The molecule has 0 spiro atoms. The third kappa shape index (κ3) is 1.69. The van der Waals surface area contributed by atoms with Crippen LogP contribution in [0.5, 0.6) is 0 Å². The first kappa shape index (κ1) is 7.00. The minimum atomic E-state index is -0.201. The van der Waals surface area contributed by atoms with Gasteiger partial charge in [-0.15, -0.1) is 0 Å². The van der Waals surface area contributed by atoms with E-state index in [4.69, 9.17) is 0 Å². The highest BCUT2D eigenvalue weighted by Gasteiger charge is 1.90. The Bertz CT molecular complexity index is 228. The average molecular weight is 135 g/mol. The number of halogens is 1. The van der Waals surface area contributed by atoms with Crippen molar-refractivity contribution in [2.24, 2.45) is 0 Å². The van der Waals surface area contributed by atoms with Crippen LogP contribution in [0, 0.1) is 11.9 Å². The quantitative estimate of drug-likeness (QED) is 0.584. The molecule has 0 aliphatic rings. The van der Waals surface area contributed by atoms with Gasteiger partial charge in [-0.1, -0.05) is 18.7 Å². The van der Waals surface area contributed by atoms with Gasteiger partial charge in [0.15, 0.2) is 0 Å². The summed E-state index contributed by atoms with van der Waals surface area (Å²) in [7, 11) is 0. The molecule has 1 aromatic carbocycles. The molecular weight excluding hydrogens is 127 g/mol. The molecule has 0 aliphatic carbocycles. The second-order valence-corrected chi connectivity index (χ2v) is 2.06. The average Bonchev–Trinajstić information content (AvgIpc) is 1.88. The molecule has 0 N–H and O–H groups in total. The summed E-state index contributed by atoms with van der Waals surface area (Å²) in [5.41, 5.74) is 0.912. The van der Waals surface area contributed by atoms with Crippen molar-refractivity contribution in [2.45, 2.75) is 6.42 Å². The number of hydrogen-bond donors (Lipinski definition) is 0. The highest BCUT2D eigenvalue weighted by molar-refractivity contribution is 5.17. The van der Waals surface area contributed by atoms with Crippen LogP contribution in [0.15, 0.2) is 30.8 Å². The van der Waals surface area contributed by atoms with E-state index in [0.717, 1.165) is 5.56 Å². The first-order valence-electron chi connectivity index (χ1n) is 3.07. The summed E-state index contributed by atoms with van der Waals surface area (Å²) in [6.45, 7) is 3.44. The molecule has 1 heteroatoms. The van der Waals surface area contributed by atoms with E-state index in [0.29, 0.717) is 6.42 Å². The molecule has 0 nitrogen and oxygen atoms in total. The Morgan fingerprint density at radius 1 is 1.50 bits per heavy atom. The summed E-state index contributed by atoms with van der Waals surface area (Å²) in [5, 5.41) is 0. The monoisotopic (exact) mass is 135 g/mol. The maximum atomic E-state index is 12.4. The van der Waals surface area contributed by atoms with Crippen molar-refractivity contribution in [3.63, 3.8) is 0 Å². The van der Waals surface area contributed by atoms with Crippen LogP contribution < -0.4 is 0 Å². The van der Waals surface area contributed by atoms with Gasteiger partial charge in [-0.2, -0.15) is 0 Å². The van der Waals surface area contributed by atoms with E-state index in [1.165, 1.54) is 12.1 Å². The Hall–Kier alpha value is -1.11. The molecule has 0 heterocycles. The summed E-state index contributed by atoms with van der Waals surface area (Å²) in [5.74, 6) is -0.201. The predicted molar refractivity (Wildman–Crippen MR) is 39.0 cm³/mol. The molecule has 0 atom stereocenters. The summed E-state index contributed by atoms with van der Waals surface area (Å²) < 4.78 is 12.4. The fourth-order valence-corrected chi connectivity index (χ4v) is 0.791. The summed E-state index contributed by atoms with van der Waals surface area (Å²) in [6, 6.07) is 6.44. The van der Waals surface area contributed by atoms with E-state index in [9.17, 15) is 4.39 Å². The fraction of sp³-hybridized carbons (Fsp3) is 0.111. The van der Waals surface area contributed by atoms with Crippen LogP contribution in [0.1, 0.15) is 5.56 Å². The van der Waals surface area contributed by atoms with Gasteiger partial charge in [0.05, 0.1) is 0 Å². The molecule has 0 aliphatic heterocycles. The molecule has 0 fully saturated rings. The normalized spacial score (nSPS) is 9.30. The number of benzene rings is 1. The maximum absolute atomic E-state index is 12.4. The van der Waals surface area contributed by atoms with Gasteiger partial charge in [0.2, 0.25) is 0 Å². The highest BCUT2D eigenvalue weighted by Crippen LogP contribution is 2.03. The lowest BCUT2D eigenvalue weighted by atomic mass is 10.1. The van der Waals surface area contributed by atoms with Gasteiger partial charge in [0.25, 0.3) is 0 Å². The topological polar surface area (TPSA) is 0 Å². The number of allylic oxidation sites excluding steroid dienone is 1. The first-order chi connectivity index (χ1) is 4.83. The number of rotatable bonds is 2. The molecular formula is C9H8F. The Kier molecular flexibility index (Phi) is 2.21. The molecule has 1 aromatic rings. The Morgan fingerprint density at radius 2 is 2.30 bits per heavy atom. The van der Waals surface area contributed by atoms with Crippen molar-refractivity contribution in [1.29, 1.82) is 0 Å². The SMILES string of the molecule is C=[C]Cc1cccc(F)c1. The Balaban J connectivity index is 2.84. The second-order valence-electron chi connectivity index (χ2n) is 2.06. The first-order valence-corrected chi connectivity index (χ1v) is 3.07. The Labute approximate surface area is 60.0 Å². The summed E-state index contributed by atoms with van der Waals surface area (Å²) in [4.78, 5) is 0. The van der Waals surface area contributed by atoms with Crippen LogP contribution in [-0.2, 0) is 6.42 Å². The van der Waals surface area contributed by atoms with Crippen LogP contribution in [0.25, 0.3) is 0 Å². The zero-order valence-corrected chi connectivity index (χ0v) is 5.60. The van der Waals surface area contributed by atoms with Gasteiger partial charge in [-0.05, 0) is 30.2 Å². The van der Waals surface area contributed by atoms with Crippen LogP contribution in [0.2, 0.25) is 0 Å². The van der Waals surface area contributed by atoms with E-state index < -0.39 is 0 Å². The van der Waals surface area contributed by atoms with Gasteiger partial charge in [0, 0.05) is 0 Å². The molecule has 0 amide bonds. The lowest BCUT2D eigenvalue weighted by Crippen LogP contribution is -1.81. The molecule has 0 bridgehead atoms. The molecule has 1 rings (SSSR count). The molecule has 0 aromatic heterocycles. The van der Waals surface area contributed by atoms with Gasteiger partial charge in [0.1, 0.15) is 5.82 Å². The molecule has 51 valence electrons. The van der Waals surface area contributed by atoms with Crippen molar-refractivity contribution in [1.82, 2.24) is 0 Å². The Morgan fingerprint density at radius 3 is 2.90 bits per heavy atom. The van der Waals surface area contributed by atoms with Crippen molar-refractivity contribution in [2.75, 3.05) is 0 Å². The molecule has 1 radical (unpaired) electrons. The van der Waals surface area contributed by atoms with Crippen molar-refractivity contribution < 1.29 is 4.39 Å². The smallest absolute Gasteiger partial charge is 0.123 e. The lowest BCUT2D eigenvalue weighted by molar-refractivity contribution is 0.626. The molecule has 10 heavy (non-hydrogen) atoms. The van der Waals surface area contributed by atoms with Crippen LogP contribution in [0.3, 0.4) is 0 Å². The van der Waals surface area contributed by atoms with E-state index in [-0.39, 0.29) is 5.82 Å². The van der Waals surface area contributed by atoms with Crippen molar-refractivity contribution in [3.05, 3.63) is 48.3 Å². The maximum Gasteiger partial charge on any atom is 0.123 e. The van der Waals surface area contributed by atoms with Crippen LogP contribution in [-0.4, -0.2) is 0 Å².